The van der Waals surface area contributed by atoms with Gasteiger partial charge in [-0.05, 0) is 18.9 Å². The van der Waals surface area contributed by atoms with Gasteiger partial charge in [0.05, 0.1) is 0 Å². The predicted molar refractivity (Wildman–Crippen MR) is 74.0 cm³/mol. The molecule has 18 heavy (non-hydrogen) atoms. The molecule has 3 heteroatoms. The first-order chi connectivity index (χ1) is 8.45. The molecule has 100 valence electrons. The molecule has 1 aromatic rings. The van der Waals surface area contributed by atoms with Gasteiger partial charge >= 0.3 is 0 Å². The van der Waals surface area contributed by atoms with E-state index < -0.39 is 0 Å². The van der Waals surface area contributed by atoms with Crippen LogP contribution < -0.4 is 11.1 Å². The van der Waals surface area contributed by atoms with Gasteiger partial charge in [0, 0.05) is 11.5 Å². The van der Waals surface area contributed by atoms with E-state index in [9.17, 15) is 4.79 Å². The van der Waals surface area contributed by atoms with Crippen molar-refractivity contribution in [3.63, 3.8) is 0 Å². The lowest BCUT2D eigenvalue weighted by atomic mass is 9.94. The van der Waals surface area contributed by atoms with Gasteiger partial charge < -0.3 is 11.1 Å². The third-order valence-electron chi connectivity index (χ3n) is 3.44. The van der Waals surface area contributed by atoms with Gasteiger partial charge in [-0.25, -0.2) is 0 Å². The molecule has 0 saturated carbocycles. The molecule has 0 bridgehead atoms. The van der Waals surface area contributed by atoms with Gasteiger partial charge in [-0.1, -0.05) is 45.0 Å². The lowest BCUT2D eigenvalue weighted by Gasteiger charge is -2.22. The molecule has 1 aromatic carbocycles. The van der Waals surface area contributed by atoms with Gasteiger partial charge in [-0.2, -0.15) is 0 Å². The van der Waals surface area contributed by atoms with Crippen molar-refractivity contribution in [3.05, 3.63) is 35.4 Å². The number of amides is 1. The fourth-order valence-electron chi connectivity index (χ4n) is 2.10. The van der Waals surface area contributed by atoms with Crippen molar-refractivity contribution in [2.24, 2.45) is 11.7 Å². The van der Waals surface area contributed by atoms with Crippen molar-refractivity contribution in [1.82, 2.24) is 0 Å². The van der Waals surface area contributed by atoms with E-state index in [1.807, 2.05) is 6.92 Å². The number of carbonyl (C=O) groups excluding carboxylic acids is 1. The van der Waals surface area contributed by atoms with E-state index in [1.54, 1.807) is 0 Å². The molecule has 3 nitrogen and oxygen atoms in total. The highest BCUT2D eigenvalue weighted by Gasteiger charge is 2.24. The number of quaternary nitrogens is 1. The number of hydrogen-bond donors (Lipinski definition) is 2. The summed E-state index contributed by atoms with van der Waals surface area (Å²) in [7, 11) is 0. The predicted octanol–water partition coefficient (Wildman–Crippen LogP) is 1.38. The number of rotatable bonds is 6. The Kier molecular flexibility index (Phi) is 5.35. The summed E-state index contributed by atoms with van der Waals surface area (Å²) >= 11 is 0. The van der Waals surface area contributed by atoms with Gasteiger partial charge in [0.25, 0.3) is 5.91 Å². The molecular weight excluding hydrogens is 224 g/mol. The van der Waals surface area contributed by atoms with Crippen LogP contribution in [0.5, 0.6) is 0 Å². The van der Waals surface area contributed by atoms with Crippen LogP contribution in [-0.4, -0.2) is 11.9 Å². The Labute approximate surface area is 110 Å². The molecule has 0 aliphatic heterocycles. The molecule has 0 aliphatic carbocycles. The van der Waals surface area contributed by atoms with Gasteiger partial charge in [-0.3, -0.25) is 4.79 Å². The molecule has 0 saturated heterocycles. The van der Waals surface area contributed by atoms with Crippen molar-refractivity contribution in [2.45, 2.75) is 46.2 Å². The van der Waals surface area contributed by atoms with Crippen molar-refractivity contribution >= 4 is 5.91 Å². The molecule has 0 aliphatic rings. The number of hydrogen-bond acceptors (Lipinski definition) is 1. The van der Waals surface area contributed by atoms with Gasteiger partial charge in [0.2, 0.25) is 0 Å². The minimum Gasteiger partial charge on any atom is -0.365 e. The van der Waals surface area contributed by atoms with Crippen molar-refractivity contribution in [1.29, 1.82) is 0 Å². The third kappa shape index (κ3) is 3.84. The minimum absolute atomic E-state index is 0.191. The Balaban J connectivity index is 2.86. The first kappa shape index (κ1) is 14.7. The average molecular weight is 249 g/mol. The summed E-state index contributed by atoms with van der Waals surface area (Å²) in [5, 5.41) is 2.06. The second-order valence-electron chi connectivity index (χ2n) is 5.25. The van der Waals surface area contributed by atoms with Crippen LogP contribution in [0.25, 0.3) is 0 Å². The van der Waals surface area contributed by atoms with Crippen LogP contribution in [-0.2, 0) is 11.2 Å². The van der Waals surface area contributed by atoms with Crippen LogP contribution in [0.3, 0.4) is 0 Å². The van der Waals surface area contributed by atoms with Crippen LogP contribution in [0.4, 0.5) is 0 Å². The SMILES string of the molecule is CCc1ccc([C@@H]([NH2+][C@@H](C)C(N)=O)C(C)C)cc1. The number of nitrogens with two attached hydrogens (primary N) is 2. The summed E-state index contributed by atoms with van der Waals surface area (Å²) in [6.45, 7) is 8.35. The standard InChI is InChI=1S/C15H24N2O/c1-5-12-6-8-13(9-7-12)14(10(2)3)17-11(4)15(16)18/h6-11,14,17H,5H2,1-4H3,(H2,16,18)/p+1/t11-,14-/m0/s1. The van der Waals surface area contributed by atoms with Crippen molar-refractivity contribution in [2.75, 3.05) is 0 Å². The van der Waals surface area contributed by atoms with Crippen LogP contribution in [0.1, 0.15) is 44.9 Å². The fourth-order valence-corrected chi connectivity index (χ4v) is 2.10. The molecule has 0 unspecified atom stereocenters. The number of carbonyl (C=O) groups is 1. The van der Waals surface area contributed by atoms with Crippen molar-refractivity contribution in [3.8, 4) is 0 Å². The molecule has 4 N–H and O–H groups in total. The first-order valence-electron chi connectivity index (χ1n) is 6.68. The Bertz CT molecular complexity index is 384. The highest BCUT2D eigenvalue weighted by molar-refractivity contribution is 5.77. The summed E-state index contributed by atoms with van der Waals surface area (Å²) in [4.78, 5) is 11.2. The van der Waals surface area contributed by atoms with Crippen LogP contribution in [0.2, 0.25) is 0 Å². The number of aryl methyl sites for hydroxylation is 1. The molecular formula is C15H25N2O+. The minimum atomic E-state index is -0.258. The number of benzene rings is 1. The maximum absolute atomic E-state index is 11.2. The summed E-state index contributed by atoms with van der Waals surface area (Å²) < 4.78 is 0. The maximum Gasteiger partial charge on any atom is 0.275 e. The van der Waals surface area contributed by atoms with E-state index in [0.717, 1.165) is 6.42 Å². The van der Waals surface area contributed by atoms with E-state index in [1.165, 1.54) is 11.1 Å². The molecule has 0 fully saturated rings. The molecule has 1 amide bonds. The highest BCUT2D eigenvalue weighted by atomic mass is 16.1. The zero-order valence-electron chi connectivity index (χ0n) is 11.8. The fraction of sp³-hybridized carbons (Fsp3) is 0.533. The van der Waals surface area contributed by atoms with Gasteiger partial charge in [0.1, 0.15) is 6.04 Å². The van der Waals surface area contributed by atoms with Crippen molar-refractivity contribution < 1.29 is 10.1 Å². The van der Waals surface area contributed by atoms with E-state index in [-0.39, 0.29) is 18.0 Å². The second-order valence-corrected chi connectivity index (χ2v) is 5.25. The monoisotopic (exact) mass is 249 g/mol. The zero-order valence-corrected chi connectivity index (χ0v) is 11.8. The molecule has 1 rings (SSSR count). The largest absolute Gasteiger partial charge is 0.365 e. The van der Waals surface area contributed by atoms with Crippen LogP contribution in [0, 0.1) is 5.92 Å². The first-order valence-corrected chi connectivity index (χ1v) is 6.68. The highest BCUT2D eigenvalue weighted by Crippen LogP contribution is 2.18. The van der Waals surface area contributed by atoms with E-state index in [4.69, 9.17) is 5.73 Å². The second kappa shape index (κ2) is 6.55. The van der Waals surface area contributed by atoms with E-state index in [0.29, 0.717) is 5.92 Å². The van der Waals surface area contributed by atoms with Gasteiger partial charge in [-0.15, -0.1) is 0 Å². The summed E-state index contributed by atoms with van der Waals surface area (Å²) in [5.41, 5.74) is 7.93. The summed E-state index contributed by atoms with van der Waals surface area (Å²) in [5.74, 6) is 0.199. The Morgan fingerprint density at radius 2 is 1.78 bits per heavy atom. The molecule has 0 radical (unpaired) electrons. The summed E-state index contributed by atoms with van der Waals surface area (Å²) in [6.07, 6.45) is 1.05. The lowest BCUT2D eigenvalue weighted by molar-refractivity contribution is -0.719. The Morgan fingerprint density at radius 1 is 1.22 bits per heavy atom. The van der Waals surface area contributed by atoms with Gasteiger partial charge in [0.15, 0.2) is 6.04 Å². The average Bonchev–Trinajstić information content (AvgIpc) is 2.35. The third-order valence-corrected chi connectivity index (χ3v) is 3.44. The topological polar surface area (TPSA) is 59.7 Å². The van der Waals surface area contributed by atoms with E-state index in [2.05, 4.69) is 50.4 Å². The molecule has 0 aromatic heterocycles. The van der Waals surface area contributed by atoms with Crippen LogP contribution >= 0.6 is 0 Å². The lowest BCUT2D eigenvalue weighted by Crippen LogP contribution is -2.93. The summed E-state index contributed by atoms with van der Waals surface area (Å²) in [6, 6.07) is 8.73. The zero-order chi connectivity index (χ0) is 13.7. The van der Waals surface area contributed by atoms with Crippen LogP contribution in [0.15, 0.2) is 24.3 Å². The molecule has 2 atom stereocenters. The normalized spacial score (nSPS) is 14.5. The quantitative estimate of drug-likeness (QED) is 0.786. The maximum atomic E-state index is 11.2. The Hall–Kier alpha value is -1.35. The Morgan fingerprint density at radius 3 is 2.17 bits per heavy atom. The number of primary amides is 1. The molecule has 0 heterocycles. The smallest absolute Gasteiger partial charge is 0.275 e. The van der Waals surface area contributed by atoms with E-state index >= 15 is 0 Å². The molecule has 0 spiro atoms.